The zero-order valence-corrected chi connectivity index (χ0v) is 18.7. The van der Waals surface area contributed by atoms with Crippen LogP contribution in [-0.4, -0.2) is 46.3 Å². The van der Waals surface area contributed by atoms with E-state index in [-0.39, 0.29) is 31.0 Å². The van der Waals surface area contributed by atoms with E-state index in [0.717, 1.165) is 5.56 Å². The number of nitrogens with zero attached hydrogens (tertiary/aromatic N) is 3. The van der Waals surface area contributed by atoms with Gasteiger partial charge in [-0.2, -0.15) is 9.97 Å². The third-order valence-electron chi connectivity index (χ3n) is 4.37. The van der Waals surface area contributed by atoms with Crippen molar-refractivity contribution in [3.63, 3.8) is 0 Å². The van der Waals surface area contributed by atoms with Gasteiger partial charge in [0.25, 0.3) is 0 Å². The molecule has 0 saturated heterocycles. The zero-order valence-electron chi connectivity index (χ0n) is 17.2. The van der Waals surface area contributed by atoms with Gasteiger partial charge in [-0.25, -0.2) is 4.79 Å². The summed E-state index contributed by atoms with van der Waals surface area (Å²) in [6, 6.07) is 11.3. The number of aliphatic carboxylic acids is 1. The lowest BCUT2D eigenvalue weighted by Gasteiger charge is -2.15. The number of carboxylic acids is 1. The number of rotatable bonds is 10. The van der Waals surface area contributed by atoms with E-state index in [1.165, 1.54) is 14.2 Å². The van der Waals surface area contributed by atoms with Crippen molar-refractivity contribution < 1.29 is 24.1 Å². The molecule has 0 radical (unpaired) electrons. The minimum absolute atomic E-state index is 0.00335. The Kier molecular flexibility index (Phi) is 7.91. The molecule has 1 heterocycles. The molecular formula is C21H20Cl2N4O5. The summed E-state index contributed by atoms with van der Waals surface area (Å²) in [5.41, 5.74) is 1.46. The number of nitrogens with one attached hydrogen (secondary N) is 1. The maximum absolute atomic E-state index is 11.8. The molecule has 168 valence electrons. The van der Waals surface area contributed by atoms with Gasteiger partial charge in [0.05, 0.1) is 14.2 Å². The summed E-state index contributed by atoms with van der Waals surface area (Å²) in [4.78, 5) is 23.7. The van der Waals surface area contributed by atoms with Crippen LogP contribution in [0.4, 0.5) is 5.95 Å². The van der Waals surface area contributed by atoms with Crippen LogP contribution in [0.3, 0.4) is 0 Å². The SMILES string of the molecule is COc1nc(N[C@@H](Cc2ccc(OCc3c(Cl)cccc3Cl)cc2)C(=O)O)nc(OC)n1. The molecular weight excluding hydrogens is 459 g/mol. The molecule has 0 aliphatic heterocycles. The Morgan fingerprint density at radius 1 is 1.00 bits per heavy atom. The van der Waals surface area contributed by atoms with Crippen LogP contribution in [0.25, 0.3) is 0 Å². The Labute approximate surface area is 194 Å². The fourth-order valence-corrected chi connectivity index (χ4v) is 3.23. The predicted molar refractivity (Wildman–Crippen MR) is 119 cm³/mol. The van der Waals surface area contributed by atoms with Crippen LogP contribution in [-0.2, 0) is 17.8 Å². The molecule has 32 heavy (non-hydrogen) atoms. The molecule has 2 aromatic carbocycles. The first-order chi connectivity index (χ1) is 15.4. The molecule has 1 atom stereocenters. The van der Waals surface area contributed by atoms with E-state index >= 15 is 0 Å². The molecule has 1 aromatic heterocycles. The molecule has 3 aromatic rings. The van der Waals surface area contributed by atoms with E-state index in [2.05, 4.69) is 20.3 Å². The summed E-state index contributed by atoms with van der Waals surface area (Å²) in [5.74, 6) is -0.453. The summed E-state index contributed by atoms with van der Waals surface area (Å²) in [7, 11) is 2.77. The standard InChI is InChI=1S/C21H20Cl2N4O5/c1-30-20-25-19(26-21(27-20)31-2)24-17(18(28)29)10-12-6-8-13(9-7-12)32-11-14-15(22)4-3-5-16(14)23/h3-9,17H,10-11H2,1-2H3,(H,28,29)(H,24,25,26,27)/t17-/m0/s1. The number of hydrogen-bond acceptors (Lipinski definition) is 8. The third kappa shape index (κ3) is 6.12. The molecule has 9 nitrogen and oxygen atoms in total. The number of ether oxygens (including phenoxy) is 3. The Morgan fingerprint density at radius 2 is 1.59 bits per heavy atom. The third-order valence-corrected chi connectivity index (χ3v) is 5.08. The Hall–Kier alpha value is -3.30. The van der Waals surface area contributed by atoms with Crippen LogP contribution < -0.4 is 19.5 Å². The monoisotopic (exact) mass is 478 g/mol. The fraction of sp³-hybridized carbons (Fsp3) is 0.238. The highest BCUT2D eigenvalue weighted by molar-refractivity contribution is 6.35. The summed E-state index contributed by atoms with van der Waals surface area (Å²) >= 11 is 12.3. The van der Waals surface area contributed by atoms with Crippen molar-refractivity contribution in [1.82, 2.24) is 15.0 Å². The summed E-state index contributed by atoms with van der Waals surface area (Å²) in [6.07, 6.45) is 0.169. The van der Waals surface area contributed by atoms with Crippen molar-refractivity contribution in [2.45, 2.75) is 19.1 Å². The lowest BCUT2D eigenvalue weighted by atomic mass is 10.1. The van der Waals surface area contributed by atoms with Crippen molar-refractivity contribution in [2.75, 3.05) is 19.5 Å². The first-order valence-corrected chi connectivity index (χ1v) is 10.1. The summed E-state index contributed by atoms with van der Waals surface area (Å²) in [5, 5.41) is 13.4. The van der Waals surface area contributed by atoms with E-state index in [4.69, 9.17) is 37.4 Å². The second kappa shape index (κ2) is 10.8. The molecule has 0 aliphatic rings. The van der Waals surface area contributed by atoms with Crippen molar-refractivity contribution in [3.05, 3.63) is 63.6 Å². The minimum atomic E-state index is -1.07. The number of carbonyl (C=O) groups is 1. The molecule has 2 N–H and O–H groups in total. The summed E-state index contributed by atoms with van der Waals surface area (Å²) in [6.45, 7) is 0.209. The van der Waals surface area contributed by atoms with Gasteiger partial charge in [0.15, 0.2) is 0 Å². The van der Waals surface area contributed by atoms with Crippen molar-refractivity contribution in [2.24, 2.45) is 0 Å². The van der Waals surface area contributed by atoms with E-state index in [1.54, 1.807) is 42.5 Å². The lowest BCUT2D eigenvalue weighted by Crippen LogP contribution is -2.32. The van der Waals surface area contributed by atoms with E-state index in [9.17, 15) is 9.90 Å². The van der Waals surface area contributed by atoms with Gasteiger partial charge in [0, 0.05) is 22.0 Å². The smallest absolute Gasteiger partial charge is 0.326 e. The fourth-order valence-electron chi connectivity index (χ4n) is 2.72. The van der Waals surface area contributed by atoms with Crippen molar-refractivity contribution in [3.8, 4) is 17.8 Å². The van der Waals surface area contributed by atoms with Crippen LogP contribution in [0.2, 0.25) is 10.0 Å². The molecule has 0 fully saturated rings. The number of hydrogen-bond donors (Lipinski definition) is 2. The molecule has 0 unspecified atom stereocenters. The van der Waals surface area contributed by atoms with Crippen LogP contribution in [0.5, 0.6) is 17.8 Å². The average Bonchev–Trinajstić information content (AvgIpc) is 2.79. The quantitative estimate of drug-likeness (QED) is 0.447. The highest BCUT2D eigenvalue weighted by atomic mass is 35.5. The summed E-state index contributed by atoms with van der Waals surface area (Å²) < 4.78 is 15.7. The highest BCUT2D eigenvalue weighted by Crippen LogP contribution is 2.26. The molecule has 0 spiro atoms. The number of aromatic nitrogens is 3. The van der Waals surface area contributed by atoms with Gasteiger partial charge in [0.2, 0.25) is 5.95 Å². The number of carboxylic acid groups (broad SMARTS) is 1. The highest BCUT2D eigenvalue weighted by Gasteiger charge is 2.20. The second-order valence-electron chi connectivity index (χ2n) is 6.50. The van der Waals surface area contributed by atoms with Crippen LogP contribution in [0.15, 0.2) is 42.5 Å². The largest absolute Gasteiger partial charge is 0.489 e. The van der Waals surface area contributed by atoms with Gasteiger partial charge in [-0.15, -0.1) is 4.98 Å². The molecule has 3 rings (SSSR count). The van der Waals surface area contributed by atoms with Crippen LogP contribution >= 0.6 is 23.2 Å². The van der Waals surface area contributed by atoms with Gasteiger partial charge in [-0.1, -0.05) is 41.4 Å². The average molecular weight is 479 g/mol. The molecule has 11 heteroatoms. The minimum Gasteiger partial charge on any atom is -0.489 e. The van der Waals surface area contributed by atoms with Gasteiger partial charge in [-0.3, -0.25) is 0 Å². The van der Waals surface area contributed by atoms with E-state index in [0.29, 0.717) is 21.4 Å². The topological polar surface area (TPSA) is 116 Å². The Morgan fingerprint density at radius 3 is 2.12 bits per heavy atom. The van der Waals surface area contributed by atoms with E-state index < -0.39 is 12.0 Å². The molecule has 0 amide bonds. The molecule has 0 bridgehead atoms. The van der Waals surface area contributed by atoms with E-state index in [1.807, 2.05) is 0 Å². The van der Waals surface area contributed by atoms with Crippen molar-refractivity contribution in [1.29, 1.82) is 0 Å². The maximum Gasteiger partial charge on any atom is 0.326 e. The molecule has 0 aliphatic carbocycles. The number of benzene rings is 2. The van der Waals surface area contributed by atoms with Gasteiger partial charge < -0.3 is 24.6 Å². The first kappa shape index (κ1) is 23.4. The first-order valence-electron chi connectivity index (χ1n) is 9.37. The molecule has 0 saturated carbocycles. The lowest BCUT2D eigenvalue weighted by molar-refractivity contribution is -0.137. The predicted octanol–water partition coefficient (Wildman–Crippen LogP) is 3.88. The Balaban J connectivity index is 1.66. The van der Waals surface area contributed by atoms with Crippen LogP contribution in [0, 0.1) is 0 Å². The second-order valence-corrected chi connectivity index (χ2v) is 7.32. The Bertz CT molecular complexity index is 1040. The number of anilines is 1. The van der Waals surface area contributed by atoms with Crippen molar-refractivity contribution >= 4 is 35.1 Å². The maximum atomic E-state index is 11.8. The normalized spacial score (nSPS) is 11.5. The van der Waals surface area contributed by atoms with Gasteiger partial charge in [-0.05, 0) is 29.8 Å². The number of halogens is 2. The van der Waals surface area contributed by atoms with Crippen LogP contribution in [0.1, 0.15) is 11.1 Å². The van der Waals surface area contributed by atoms with Gasteiger partial charge >= 0.3 is 18.0 Å². The van der Waals surface area contributed by atoms with Gasteiger partial charge in [0.1, 0.15) is 18.4 Å². The number of methoxy groups -OCH3 is 2. The zero-order chi connectivity index (χ0) is 23.1.